The zero-order valence-electron chi connectivity index (χ0n) is 12.5. The smallest absolute Gasteiger partial charge is 0.184 e. The van der Waals surface area contributed by atoms with Gasteiger partial charge in [-0.15, -0.1) is 0 Å². The molecule has 1 aliphatic heterocycles. The average Bonchev–Trinajstić information content (AvgIpc) is 2.35. The van der Waals surface area contributed by atoms with Gasteiger partial charge < -0.3 is 34.7 Å². The van der Waals surface area contributed by atoms with Gasteiger partial charge in [-0.3, -0.25) is 0 Å². The van der Waals surface area contributed by atoms with Crippen LogP contribution >= 0.6 is 0 Å². The minimum Gasteiger partial charge on any atom is -0.550 e. The predicted molar refractivity (Wildman–Crippen MR) is 71.0 cm³/mol. The van der Waals surface area contributed by atoms with Crippen molar-refractivity contribution in [2.75, 3.05) is 0 Å². The molecule has 1 saturated heterocycles. The van der Waals surface area contributed by atoms with Gasteiger partial charge in [-0.2, -0.15) is 0 Å². The Kier molecular flexibility index (Phi) is 7.55. The summed E-state index contributed by atoms with van der Waals surface area (Å²) in [5.41, 5.74) is 0. The summed E-state index contributed by atoms with van der Waals surface area (Å²) in [4.78, 5) is 10.3. The third kappa shape index (κ3) is 6.71. The van der Waals surface area contributed by atoms with Crippen molar-refractivity contribution < 1.29 is 34.7 Å². The molecule has 6 atom stereocenters. The van der Waals surface area contributed by atoms with Gasteiger partial charge in [0.2, 0.25) is 0 Å². The molecule has 21 heavy (non-hydrogen) atoms. The zero-order chi connectivity index (χ0) is 16.0. The number of carbonyl (C=O) groups is 1. The number of carbonyl (C=O) groups excluding carboxylic acids is 1. The molecular weight excluding hydrogens is 280 g/mol. The molecule has 3 N–H and O–H groups in total. The lowest BCUT2D eigenvalue weighted by Gasteiger charge is -2.36. The first-order valence-electron chi connectivity index (χ1n) is 7.34. The molecule has 124 valence electrons. The van der Waals surface area contributed by atoms with Gasteiger partial charge in [0.25, 0.3) is 0 Å². The summed E-state index contributed by atoms with van der Waals surface area (Å²) in [5.74, 6) is -1.27. The van der Waals surface area contributed by atoms with Crippen LogP contribution in [0.15, 0.2) is 0 Å². The van der Waals surface area contributed by atoms with E-state index in [2.05, 4.69) is 0 Å². The summed E-state index contributed by atoms with van der Waals surface area (Å²) >= 11 is 0. The maximum absolute atomic E-state index is 10.3. The Balaban J connectivity index is 2.24. The Labute approximate surface area is 124 Å². The molecule has 0 bridgehead atoms. The highest BCUT2D eigenvalue weighted by molar-refractivity contribution is 5.64. The van der Waals surface area contributed by atoms with Crippen LogP contribution in [0.3, 0.4) is 0 Å². The first-order valence-corrected chi connectivity index (χ1v) is 7.34. The molecule has 0 aliphatic carbocycles. The van der Waals surface area contributed by atoms with E-state index < -0.39 is 36.7 Å². The molecule has 0 aromatic carbocycles. The lowest BCUT2D eigenvalue weighted by atomic mass is 10.0. The third-order valence-electron chi connectivity index (χ3n) is 3.60. The normalized spacial score (nSPS) is 32.6. The van der Waals surface area contributed by atoms with Gasteiger partial charge in [0.1, 0.15) is 6.10 Å². The average molecular weight is 305 g/mol. The van der Waals surface area contributed by atoms with Crippen LogP contribution in [0.4, 0.5) is 0 Å². The van der Waals surface area contributed by atoms with Crippen molar-refractivity contribution in [2.24, 2.45) is 0 Å². The highest BCUT2D eigenvalue weighted by atomic mass is 16.7. The lowest BCUT2D eigenvalue weighted by molar-refractivity contribution is -0.307. The largest absolute Gasteiger partial charge is 0.550 e. The first-order chi connectivity index (χ1) is 9.79. The molecule has 0 saturated carbocycles. The fourth-order valence-corrected chi connectivity index (χ4v) is 2.30. The Morgan fingerprint density at radius 2 is 2.05 bits per heavy atom. The highest BCUT2D eigenvalue weighted by Crippen LogP contribution is 2.23. The summed E-state index contributed by atoms with van der Waals surface area (Å²) in [6.07, 6.45) is -2.46. The fraction of sp³-hybridized carbons (Fsp3) is 0.929. The van der Waals surface area contributed by atoms with Crippen molar-refractivity contribution in [3.8, 4) is 0 Å². The molecule has 0 radical (unpaired) electrons. The topological polar surface area (TPSA) is 119 Å². The quantitative estimate of drug-likeness (QED) is 0.522. The molecule has 1 fully saturated rings. The highest BCUT2D eigenvalue weighted by Gasteiger charge is 2.35. The van der Waals surface area contributed by atoms with E-state index in [1.165, 1.54) is 0 Å². The standard InChI is InChI=1S/C14H26O7/c1-8(4-3-5-10(15)6-13(18)19)20-14-12(17)7-11(16)9(2)21-14/h8-12,14-17H,3-7H2,1-2H3,(H,18,19)/p-1/t8-,9+,10-,11-,12-,14-/m1/s1. The van der Waals surface area contributed by atoms with E-state index in [0.717, 1.165) is 0 Å². The lowest BCUT2D eigenvalue weighted by Crippen LogP contribution is -2.48. The zero-order valence-corrected chi connectivity index (χ0v) is 12.5. The second kappa shape index (κ2) is 8.65. The van der Waals surface area contributed by atoms with Crippen molar-refractivity contribution in [1.29, 1.82) is 0 Å². The molecule has 1 rings (SSSR count). The van der Waals surface area contributed by atoms with Gasteiger partial charge >= 0.3 is 0 Å². The van der Waals surface area contributed by atoms with Gasteiger partial charge in [0, 0.05) is 18.8 Å². The van der Waals surface area contributed by atoms with Gasteiger partial charge in [0.05, 0.1) is 24.4 Å². The minimum absolute atomic E-state index is 0.206. The van der Waals surface area contributed by atoms with Crippen molar-refractivity contribution in [3.05, 3.63) is 0 Å². The van der Waals surface area contributed by atoms with E-state index in [0.29, 0.717) is 19.3 Å². The number of rotatable bonds is 8. The number of hydrogen-bond acceptors (Lipinski definition) is 7. The fourth-order valence-electron chi connectivity index (χ4n) is 2.30. The molecule has 0 amide bonds. The van der Waals surface area contributed by atoms with Gasteiger partial charge in [-0.25, -0.2) is 0 Å². The molecule has 1 heterocycles. The van der Waals surface area contributed by atoms with Crippen LogP contribution in [0.5, 0.6) is 0 Å². The predicted octanol–water partition coefficient (Wildman–Crippen LogP) is -1.08. The van der Waals surface area contributed by atoms with E-state index in [-0.39, 0.29) is 18.9 Å². The number of aliphatic carboxylic acids is 1. The van der Waals surface area contributed by atoms with Crippen molar-refractivity contribution in [1.82, 2.24) is 0 Å². The summed E-state index contributed by atoms with van der Waals surface area (Å²) in [6, 6.07) is 0. The van der Waals surface area contributed by atoms with Gasteiger partial charge in [-0.1, -0.05) is 0 Å². The number of aliphatic hydroxyl groups is 3. The Morgan fingerprint density at radius 3 is 2.67 bits per heavy atom. The maximum Gasteiger partial charge on any atom is 0.184 e. The summed E-state index contributed by atoms with van der Waals surface area (Å²) < 4.78 is 11.0. The summed E-state index contributed by atoms with van der Waals surface area (Å²) in [7, 11) is 0. The van der Waals surface area contributed by atoms with Crippen LogP contribution in [0.2, 0.25) is 0 Å². The van der Waals surface area contributed by atoms with E-state index in [9.17, 15) is 25.2 Å². The van der Waals surface area contributed by atoms with Crippen LogP contribution in [-0.2, 0) is 14.3 Å². The van der Waals surface area contributed by atoms with E-state index in [4.69, 9.17) is 9.47 Å². The number of ether oxygens (including phenoxy) is 2. The van der Waals surface area contributed by atoms with Crippen molar-refractivity contribution >= 4 is 5.97 Å². The molecule has 7 heteroatoms. The molecule has 0 unspecified atom stereocenters. The third-order valence-corrected chi connectivity index (χ3v) is 3.60. The summed E-state index contributed by atoms with van der Waals surface area (Å²) in [5, 5.41) is 39.1. The molecular formula is C14H25O7-. The Hall–Kier alpha value is -0.730. The van der Waals surface area contributed by atoms with Gasteiger partial charge in [-0.05, 0) is 33.1 Å². The summed E-state index contributed by atoms with van der Waals surface area (Å²) in [6.45, 7) is 3.53. The SMILES string of the molecule is C[C@H](CCC[C@@H](O)CC(=O)[O-])O[C@@H]1O[C@@H](C)[C@H](O)C[C@H]1O. The van der Waals surface area contributed by atoms with Crippen molar-refractivity contribution in [3.63, 3.8) is 0 Å². The second-order valence-electron chi connectivity index (χ2n) is 5.69. The molecule has 7 nitrogen and oxygen atoms in total. The van der Waals surface area contributed by atoms with Crippen LogP contribution in [0, 0.1) is 0 Å². The number of hydrogen-bond donors (Lipinski definition) is 3. The number of aliphatic hydroxyl groups excluding tert-OH is 3. The second-order valence-corrected chi connectivity index (χ2v) is 5.69. The van der Waals surface area contributed by atoms with E-state index in [1.807, 2.05) is 6.92 Å². The van der Waals surface area contributed by atoms with Crippen LogP contribution in [0.1, 0.15) is 46.0 Å². The van der Waals surface area contributed by atoms with Gasteiger partial charge in [0.15, 0.2) is 6.29 Å². The van der Waals surface area contributed by atoms with E-state index >= 15 is 0 Å². The Bertz CT molecular complexity index is 322. The maximum atomic E-state index is 10.3. The monoisotopic (exact) mass is 305 g/mol. The number of carboxylic acids is 1. The Morgan fingerprint density at radius 1 is 1.38 bits per heavy atom. The van der Waals surface area contributed by atoms with Crippen LogP contribution in [0.25, 0.3) is 0 Å². The molecule has 1 aliphatic rings. The minimum atomic E-state index is -1.27. The van der Waals surface area contributed by atoms with Crippen LogP contribution in [-0.4, -0.2) is 58.1 Å². The number of carboxylic acid groups (broad SMARTS) is 1. The van der Waals surface area contributed by atoms with Crippen molar-refractivity contribution in [2.45, 2.75) is 82.8 Å². The van der Waals surface area contributed by atoms with E-state index in [1.54, 1.807) is 6.92 Å². The molecule has 0 aromatic rings. The van der Waals surface area contributed by atoms with Crippen LogP contribution < -0.4 is 5.11 Å². The molecule has 0 aromatic heterocycles. The first kappa shape index (κ1) is 18.3. The molecule has 0 spiro atoms.